The van der Waals surface area contributed by atoms with Crippen LogP contribution in [0.5, 0.6) is 0 Å². The van der Waals surface area contributed by atoms with E-state index in [1.807, 2.05) is 84.9 Å². The molecule has 0 saturated heterocycles. The molecule has 0 radical (unpaired) electrons. The van der Waals surface area contributed by atoms with E-state index in [1.54, 1.807) is 26.8 Å². The average molecular weight is 839 g/mol. The zero-order valence-electron chi connectivity index (χ0n) is 37.1. The van der Waals surface area contributed by atoms with Crippen molar-refractivity contribution in [1.29, 1.82) is 0 Å². The second kappa shape index (κ2) is 26.8. The number of carbonyl (C=O) groups excluding carboxylic acids is 3. The number of pyridine rings is 3. The van der Waals surface area contributed by atoms with Crippen molar-refractivity contribution in [3.63, 3.8) is 0 Å². The Hall–Kier alpha value is -6.26. The molecule has 0 amide bonds. The van der Waals surface area contributed by atoms with Gasteiger partial charge in [-0.1, -0.05) is 5.16 Å². The number of oxime groups is 1. The van der Waals surface area contributed by atoms with Crippen LogP contribution in [0, 0.1) is 55.4 Å². The molecule has 0 fully saturated rings. The van der Waals surface area contributed by atoms with Crippen LogP contribution in [0.25, 0.3) is 11.6 Å². The van der Waals surface area contributed by atoms with E-state index >= 15 is 0 Å². The number of carboxylic acid groups (broad SMARTS) is 1. The normalized spacial score (nSPS) is 10.1. The fourth-order valence-corrected chi connectivity index (χ4v) is 5.33. The summed E-state index contributed by atoms with van der Waals surface area (Å²) in [6.07, 6.45) is -0.0628. The first-order valence-electron chi connectivity index (χ1n) is 18.5. The number of nitrogen functional groups attached to an aromatic ring is 1. The number of nitrogens with one attached hydrogen (secondary N) is 1. The van der Waals surface area contributed by atoms with E-state index in [9.17, 15) is 19.2 Å². The summed E-state index contributed by atoms with van der Waals surface area (Å²) < 4.78 is 12.6. The Kier molecular flexibility index (Phi) is 24.0. The van der Waals surface area contributed by atoms with E-state index in [4.69, 9.17) is 15.7 Å². The van der Waals surface area contributed by atoms with Crippen molar-refractivity contribution in [2.75, 3.05) is 25.7 Å². The van der Waals surface area contributed by atoms with Gasteiger partial charge in [-0.3, -0.25) is 4.79 Å². The van der Waals surface area contributed by atoms with E-state index in [1.165, 1.54) is 35.0 Å². The number of nitrogens with two attached hydrogens (primary N) is 1. The van der Waals surface area contributed by atoms with Crippen LogP contribution < -0.4 is 30.1 Å². The third-order valence-electron chi connectivity index (χ3n) is 7.34. The molecule has 5 aromatic heterocycles. The first-order valence-corrected chi connectivity index (χ1v) is 18.5. The molecule has 0 atom stereocenters. The second-order valence-corrected chi connectivity index (χ2v) is 13.1. The van der Waals surface area contributed by atoms with E-state index in [2.05, 4.69) is 45.3 Å². The SMILES string of the molecule is CCOC(=O)C(CC(C)=O)=NOC.CCOC(=O)c1cc(C)nn1-c1cc(C)cc(C)n1.Cc1cc(C)nc(-n2nc(C)cc2C(=O)O)c1.Cc1cc(C)nc(NN)c1.[Li+].[OH-]. The molecule has 0 aliphatic carbocycles. The van der Waals surface area contributed by atoms with Gasteiger partial charge in [0.2, 0.25) is 0 Å². The minimum Gasteiger partial charge on any atom is -0.870 e. The van der Waals surface area contributed by atoms with Crippen molar-refractivity contribution in [3.05, 3.63) is 105 Å². The van der Waals surface area contributed by atoms with Crippen LogP contribution >= 0.6 is 0 Å². The van der Waals surface area contributed by atoms with Crippen LogP contribution in [0.2, 0.25) is 0 Å². The Balaban J connectivity index is 0.000000799. The number of nitrogens with zero attached hydrogens (tertiary/aromatic N) is 8. The first-order chi connectivity index (χ1) is 27.8. The number of ether oxygens (including phenoxy) is 2. The number of esters is 2. The number of aryl methyl sites for hydroxylation is 8. The topological polar surface area (TPSA) is 271 Å². The average Bonchev–Trinajstić information content (AvgIpc) is 3.74. The maximum absolute atomic E-state index is 11.9. The first kappa shape index (κ1) is 54.7. The molecule has 0 unspecified atom stereocenters. The summed E-state index contributed by atoms with van der Waals surface area (Å²) in [5.74, 6) is 4.90. The van der Waals surface area contributed by atoms with Crippen LogP contribution in [0.3, 0.4) is 0 Å². The van der Waals surface area contributed by atoms with Crippen molar-refractivity contribution >= 4 is 35.2 Å². The summed E-state index contributed by atoms with van der Waals surface area (Å²) in [5.41, 5.74) is 10.4. The molecule has 0 aromatic carbocycles. The predicted molar refractivity (Wildman–Crippen MR) is 224 cm³/mol. The molecule has 0 spiro atoms. The van der Waals surface area contributed by atoms with Gasteiger partial charge in [0.15, 0.2) is 28.7 Å². The van der Waals surface area contributed by atoms with E-state index in [0.29, 0.717) is 29.6 Å². The van der Waals surface area contributed by atoms with Gasteiger partial charge in [0, 0.05) is 17.1 Å². The van der Waals surface area contributed by atoms with Gasteiger partial charge in [-0.15, -0.1) is 0 Å². The third kappa shape index (κ3) is 18.3. The van der Waals surface area contributed by atoms with E-state index in [-0.39, 0.29) is 60.5 Å². The number of hydrogen-bond donors (Lipinski definition) is 3. The number of rotatable bonds is 11. The van der Waals surface area contributed by atoms with Gasteiger partial charge >= 0.3 is 36.8 Å². The van der Waals surface area contributed by atoms with Crippen LogP contribution in [0.4, 0.5) is 5.82 Å². The molecule has 0 aliphatic heterocycles. The fraction of sp³-hybridized carbons (Fsp3) is 0.366. The Morgan fingerprint density at radius 1 is 0.689 bits per heavy atom. The minimum absolute atomic E-state index is 0. The molecule has 5 N–H and O–H groups in total. The molecule has 61 heavy (non-hydrogen) atoms. The smallest absolute Gasteiger partial charge is 0.870 e. The summed E-state index contributed by atoms with van der Waals surface area (Å²) in [6, 6.07) is 14.7. The van der Waals surface area contributed by atoms with Gasteiger partial charge in [-0.25, -0.2) is 44.5 Å². The largest absolute Gasteiger partial charge is 1.00 e. The monoisotopic (exact) mass is 838 g/mol. The number of Topliss-reactive ketones (excluding diaryl/α,β-unsaturated/α-hetero) is 1. The molecular formula is C41H55LiN10O9. The van der Waals surface area contributed by atoms with E-state index in [0.717, 1.165) is 39.7 Å². The Morgan fingerprint density at radius 3 is 1.52 bits per heavy atom. The standard InChI is InChI=1S/C14H17N3O2.C12H13N3O2.C8H13NO4.C7H11N3.Li.H2O/c1-5-19-14(18)12-8-11(4)16-17(12)13-7-9(2)6-10(3)15-13;1-7-4-8(2)13-11(5-7)15-10(12(16)17)6-9(3)14-15;1-4-13-8(11)7(9-12-3)5-6(2)10;1-5-3-6(2)9-7(4-5)10-8;;/h6-8H,5H2,1-4H3;4-6H,1-3H3,(H,16,17);4-5H2,1-3H3;3-4H,8H2,1-2H3,(H,9,10);;1H2/q;;;;+1;/p-1. The number of carboxylic acids is 1. The number of aromatic carboxylic acids is 1. The number of hydrogen-bond acceptors (Lipinski definition) is 16. The van der Waals surface area contributed by atoms with Gasteiger partial charge in [0.05, 0.1) is 31.0 Å². The van der Waals surface area contributed by atoms with Gasteiger partial charge in [-0.05, 0) is 141 Å². The Bertz CT molecular complexity index is 2210. The molecule has 20 heteroatoms. The van der Waals surface area contributed by atoms with Gasteiger partial charge < -0.3 is 30.3 Å². The van der Waals surface area contributed by atoms with Crippen molar-refractivity contribution in [2.45, 2.75) is 82.6 Å². The van der Waals surface area contributed by atoms with E-state index < -0.39 is 11.9 Å². The second-order valence-electron chi connectivity index (χ2n) is 13.1. The molecule has 0 bridgehead atoms. The molecule has 5 rings (SSSR count). The van der Waals surface area contributed by atoms with Crippen LogP contribution in [-0.4, -0.2) is 94.8 Å². The quantitative estimate of drug-likeness (QED) is 0.0567. The molecule has 0 aliphatic rings. The number of carbonyl (C=O) groups is 4. The molecular weight excluding hydrogens is 783 g/mol. The van der Waals surface area contributed by atoms with Gasteiger partial charge in [0.25, 0.3) is 0 Å². The van der Waals surface area contributed by atoms with Crippen LogP contribution in [0.1, 0.15) is 93.3 Å². The van der Waals surface area contributed by atoms with Crippen molar-refractivity contribution < 1.29 is 62.9 Å². The molecule has 324 valence electrons. The fourth-order valence-electron chi connectivity index (χ4n) is 5.33. The summed E-state index contributed by atoms with van der Waals surface area (Å²) >= 11 is 0. The van der Waals surface area contributed by atoms with Crippen LogP contribution in [0.15, 0.2) is 53.7 Å². The predicted octanol–water partition coefficient (Wildman–Crippen LogP) is 2.60. The van der Waals surface area contributed by atoms with Gasteiger partial charge in [0.1, 0.15) is 18.7 Å². The summed E-state index contributed by atoms with van der Waals surface area (Å²) in [5, 5.41) is 21.0. The maximum atomic E-state index is 11.9. The molecule has 5 aromatic rings. The Morgan fingerprint density at radius 2 is 1.13 bits per heavy atom. The summed E-state index contributed by atoms with van der Waals surface area (Å²) in [6.45, 7) is 20.7. The van der Waals surface area contributed by atoms with Crippen molar-refractivity contribution in [3.8, 4) is 11.6 Å². The Labute approximate surface area is 367 Å². The molecule has 19 nitrogen and oxygen atoms in total. The van der Waals surface area contributed by atoms with Crippen LogP contribution in [-0.2, 0) is 23.9 Å². The zero-order valence-corrected chi connectivity index (χ0v) is 37.1. The summed E-state index contributed by atoms with van der Waals surface area (Å²) in [7, 11) is 1.30. The zero-order chi connectivity index (χ0) is 44.4. The third-order valence-corrected chi connectivity index (χ3v) is 7.34. The number of ketones is 1. The maximum Gasteiger partial charge on any atom is 1.00 e. The van der Waals surface area contributed by atoms with Crippen molar-refractivity contribution in [2.24, 2.45) is 11.0 Å². The molecule has 5 heterocycles. The summed E-state index contributed by atoms with van der Waals surface area (Å²) in [4.78, 5) is 62.0. The number of anilines is 1. The van der Waals surface area contributed by atoms with Gasteiger partial charge in [-0.2, -0.15) is 10.2 Å². The molecule has 0 saturated carbocycles. The minimum atomic E-state index is -1.01. The number of aromatic nitrogens is 7. The van der Waals surface area contributed by atoms with Crippen molar-refractivity contribution in [1.82, 2.24) is 34.5 Å². The number of hydrazine groups is 1.